The summed E-state index contributed by atoms with van der Waals surface area (Å²) in [4.78, 5) is 4.78. The topological polar surface area (TPSA) is 6.48 Å². The Morgan fingerprint density at radius 1 is 1.37 bits per heavy atom. The monoisotopic (exact) mass is 344 g/mol. The van der Waals surface area contributed by atoms with Crippen LogP contribution >= 0.6 is 27.5 Å². The van der Waals surface area contributed by atoms with Crippen LogP contribution in [0.4, 0.5) is 5.69 Å². The fourth-order valence-corrected chi connectivity index (χ4v) is 3.38. The second-order valence-corrected chi connectivity index (χ2v) is 6.53. The van der Waals surface area contributed by atoms with Gasteiger partial charge in [0.25, 0.3) is 0 Å². The summed E-state index contributed by atoms with van der Waals surface area (Å²) in [5.74, 6) is 0.795. The molecule has 106 valence electrons. The van der Waals surface area contributed by atoms with Crippen molar-refractivity contribution in [3.8, 4) is 0 Å². The molecular formula is C15H22BrClN2. The summed E-state index contributed by atoms with van der Waals surface area (Å²) in [7, 11) is 4.38. The zero-order chi connectivity index (χ0) is 13.8. The van der Waals surface area contributed by atoms with Crippen LogP contribution in [-0.4, -0.2) is 38.6 Å². The molecule has 1 aromatic rings. The number of rotatable bonds is 4. The molecule has 1 aliphatic heterocycles. The third kappa shape index (κ3) is 4.11. The Bertz CT molecular complexity index is 417. The van der Waals surface area contributed by atoms with Crippen LogP contribution in [0.1, 0.15) is 18.4 Å². The number of piperidine rings is 1. The van der Waals surface area contributed by atoms with Gasteiger partial charge in [-0.2, -0.15) is 0 Å². The van der Waals surface area contributed by atoms with Gasteiger partial charge in [-0.3, -0.25) is 0 Å². The Balaban J connectivity index is 2.03. The second kappa shape index (κ2) is 6.96. The highest BCUT2D eigenvalue weighted by molar-refractivity contribution is 9.08. The molecular weight excluding hydrogens is 324 g/mol. The number of hydrogen-bond acceptors (Lipinski definition) is 2. The number of hydrogen-bond donors (Lipinski definition) is 0. The molecule has 0 amide bonds. The summed E-state index contributed by atoms with van der Waals surface area (Å²) in [6, 6.07) is 6.15. The van der Waals surface area contributed by atoms with E-state index in [1.807, 2.05) is 6.07 Å². The smallest absolute Gasteiger partial charge is 0.0426 e. The molecule has 0 aromatic heterocycles. The second-order valence-electron chi connectivity index (χ2n) is 5.53. The molecule has 0 spiro atoms. The minimum atomic E-state index is 0.795. The molecule has 0 radical (unpaired) electrons. The molecule has 1 aromatic carbocycles. The molecule has 2 nitrogen and oxygen atoms in total. The zero-order valence-corrected chi connectivity index (χ0v) is 14.0. The minimum absolute atomic E-state index is 0.795. The van der Waals surface area contributed by atoms with Crippen molar-refractivity contribution in [3.63, 3.8) is 0 Å². The molecule has 1 aliphatic rings. The maximum absolute atomic E-state index is 6.13. The van der Waals surface area contributed by atoms with Crippen molar-refractivity contribution in [1.82, 2.24) is 4.90 Å². The predicted molar refractivity (Wildman–Crippen MR) is 87.6 cm³/mol. The van der Waals surface area contributed by atoms with E-state index in [1.165, 1.54) is 37.2 Å². The number of halogens is 2. The van der Waals surface area contributed by atoms with E-state index in [4.69, 9.17) is 11.6 Å². The molecule has 4 heteroatoms. The van der Waals surface area contributed by atoms with Crippen molar-refractivity contribution >= 4 is 33.2 Å². The molecule has 0 atom stereocenters. The van der Waals surface area contributed by atoms with E-state index in [0.717, 1.165) is 22.8 Å². The summed E-state index contributed by atoms with van der Waals surface area (Å²) in [5.41, 5.74) is 2.56. The third-order valence-corrected chi connectivity index (χ3v) is 4.81. The molecule has 1 fully saturated rings. The van der Waals surface area contributed by atoms with Crippen LogP contribution in [0.2, 0.25) is 5.02 Å². The lowest BCUT2D eigenvalue weighted by molar-refractivity contribution is 0.222. The first-order valence-electron chi connectivity index (χ1n) is 6.84. The van der Waals surface area contributed by atoms with Crippen LogP contribution in [0, 0.1) is 5.92 Å². The number of nitrogens with zero attached hydrogens (tertiary/aromatic N) is 2. The van der Waals surface area contributed by atoms with E-state index in [-0.39, 0.29) is 0 Å². The molecule has 2 rings (SSSR count). The van der Waals surface area contributed by atoms with E-state index in [2.05, 4.69) is 52.0 Å². The summed E-state index contributed by atoms with van der Waals surface area (Å²) in [5, 5.41) is 1.69. The van der Waals surface area contributed by atoms with Gasteiger partial charge in [-0.25, -0.2) is 0 Å². The normalized spacial score (nSPS) is 17.7. The quantitative estimate of drug-likeness (QED) is 0.761. The van der Waals surface area contributed by atoms with Crippen molar-refractivity contribution in [1.29, 1.82) is 0 Å². The van der Waals surface area contributed by atoms with E-state index in [0.29, 0.717) is 0 Å². The first kappa shape index (κ1) is 15.1. The highest BCUT2D eigenvalue weighted by Gasteiger charge is 2.19. The first-order chi connectivity index (χ1) is 9.10. The standard InChI is InChI=1S/C15H22BrClN2/c1-18-7-5-12(6-8-18)11-19(2)15-9-14(17)4-3-13(15)10-16/h3-4,9,12H,5-8,10-11H2,1-2H3. The number of anilines is 1. The number of alkyl halides is 1. The molecule has 1 heterocycles. The molecule has 0 N–H and O–H groups in total. The van der Waals surface area contributed by atoms with Crippen LogP contribution < -0.4 is 4.90 Å². The Hall–Kier alpha value is -0.250. The molecule has 1 saturated heterocycles. The molecule has 0 unspecified atom stereocenters. The molecule has 0 saturated carbocycles. The third-order valence-electron chi connectivity index (χ3n) is 3.97. The van der Waals surface area contributed by atoms with Crippen molar-refractivity contribution < 1.29 is 0 Å². The lowest BCUT2D eigenvalue weighted by atomic mass is 9.96. The minimum Gasteiger partial charge on any atom is -0.374 e. The van der Waals surface area contributed by atoms with Crippen molar-refractivity contribution in [2.24, 2.45) is 5.92 Å². The summed E-state index contributed by atoms with van der Waals surface area (Å²) < 4.78 is 0. The highest BCUT2D eigenvalue weighted by Crippen LogP contribution is 2.28. The van der Waals surface area contributed by atoms with Gasteiger partial charge in [-0.1, -0.05) is 33.6 Å². The van der Waals surface area contributed by atoms with Crippen LogP contribution in [0.15, 0.2) is 18.2 Å². The Kier molecular flexibility index (Phi) is 5.55. The van der Waals surface area contributed by atoms with Gasteiger partial charge < -0.3 is 9.80 Å². The zero-order valence-electron chi connectivity index (χ0n) is 11.7. The van der Waals surface area contributed by atoms with Crippen molar-refractivity contribution in [2.45, 2.75) is 18.2 Å². The van der Waals surface area contributed by atoms with E-state index in [1.54, 1.807) is 0 Å². The summed E-state index contributed by atoms with van der Waals surface area (Å²) in [6.07, 6.45) is 2.59. The Labute approximate surface area is 129 Å². The van der Waals surface area contributed by atoms with Gasteiger partial charge >= 0.3 is 0 Å². The summed E-state index contributed by atoms with van der Waals surface area (Å²) in [6.45, 7) is 3.56. The largest absolute Gasteiger partial charge is 0.374 e. The van der Waals surface area contributed by atoms with Crippen LogP contribution in [0.25, 0.3) is 0 Å². The maximum atomic E-state index is 6.13. The Morgan fingerprint density at radius 2 is 2.05 bits per heavy atom. The van der Waals surface area contributed by atoms with E-state index < -0.39 is 0 Å². The fraction of sp³-hybridized carbons (Fsp3) is 0.600. The Morgan fingerprint density at radius 3 is 2.68 bits per heavy atom. The number of benzene rings is 1. The predicted octanol–water partition coefficient (Wildman–Crippen LogP) is 4.01. The average molecular weight is 346 g/mol. The van der Waals surface area contributed by atoms with Crippen molar-refractivity contribution in [3.05, 3.63) is 28.8 Å². The van der Waals surface area contributed by atoms with Crippen LogP contribution in [-0.2, 0) is 5.33 Å². The highest BCUT2D eigenvalue weighted by atomic mass is 79.9. The molecule has 19 heavy (non-hydrogen) atoms. The average Bonchev–Trinajstić information content (AvgIpc) is 2.41. The lowest BCUT2D eigenvalue weighted by Gasteiger charge is -2.33. The van der Waals surface area contributed by atoms with Gasteiger partial charge in [0, 0.05) is 29.6 Å². The fourth-order valence-electron chi connectivity index (χ4n) is 2.74. The van der Waals surface area contributed by atoms with Crippen LogP contribution in [0.5, 0.6) is 0 Å². The van der Waals surface area contributed by atoms with E-state index >= 15 is 0 Å². The van der Waals surface area contributed by atoms with Gasteiger partial charge in [-0.15, -0.1) is 0 Å². The van der Waals surface area contributed by atoms with Gasteiger partial charge in [0.15, 0.2) is 0 Å². The maximum Gasteiger partial charge on any atom is 0.0426 e. The first-order valence-corrected chi connectivity index (χ1v) is 8.34. The van der Waals surface area contributed by atoms with Gasteiger partial charge in [0.1, 0.15) is 0 Å². The number of likely N-dealkylation sites (tertiary alicyclic amines) is 1. The SMILES string of the molecule is CN1CCC(CN(C)c2cc(Cl)ccc2CBr)CC1. The van der Waals surface area contributed by atoms with E-state index in [9.17, 15) is 0 Å². The van der Waals surface area contributed by atoms with Crippen molar-refractivity contribution in [2.75, 3.05) is 38.6 Å². The molecule has 0 aliphatic carbocycles. The van der Waals surface area contributed by atoms with Gasteiger partial charge in [0.05, 0.1) is 0 Å². The van der Waals surface area contributed by atoms with Gasteiger partial charge in [0.2, 0.25) is 0 Å². The lowest BCUT2D eigenvalue weighted by Crippen LogP contribution is -2.35. The summed E-state index contributed by atoms with van der Waals surface area (Å²) >= 11 is 9.69. The molecule has 0 bridgehead atoms. The van der Waals surface area contributed by atoms with Gasteiger partial charge in [-0.05, 0) is 56.6 Å². The van der Waals surface area contributed by atoms with Crippen LogP contribution in [0.3, 0.4) is 0 Å².